The molecule has 0 amide bonds. The third-order valence-corrected chi connectivity index (χ3v) is 6.31. The quantitative estimate of drug-likeness (QED) is 0.439. The van der Waals surface area contributed by atoms with Gasteiger partial charge in [-0.1, -0.05) is 11.1 Å². The van der Waals surface area contributed by atoms with Crippen LogP contribution >= 0.6 is 7.60 Å². The minimum atomic E-state index is -2.93. The smallest absolute Gasteiger partial charge is 0.332 e. The van der Waals surface area contributed by atoms with Crippen molar-refractivity contribution < 1.29 is 18.3 Å². The van der Waals surface area contributed by atoms with Crippen molar-refractivity contribution in [3.05, 3.63) is 11.1 Å². The number of hydrogen-bond donors (Lipinski definition) is 0. The fourth-order valence-corrected chi connectivity index (χ4v) is 4.16. The number of ether oxygens (including phenoxy) is 1. The zero-order chi connectivity index (χ0) is 14.0. The van der Waals surface area contributed by atoms with Gasteiger partial charge in [0.05, 0.1) is 18.4 Å². The molecule has 5 heteroatoms. The third-order valence-electron chi connectivity index (χ3n) is 4.39. The number of allylic oxidation sites excluding steroid dienone is 2. The van der Waals surface area contributed by atoms with Crippen LogP contribution in [0.5, 0.6) is 0 Å². The first-order valence-electron chi connectivity index (χ1n) is 7.00. The molecule has 1 saturated heterocycles. The van der Waals surface area contributed by atoms with Crippen molar-refractivity contribution in [3.63, 3.8) is 0 Å². The zero-order valence-electron chi connectivity index (χ0n) is 12.3. The normalized spacial score (nSPS) is 31.4. The predicted molar refractivity (Wildman–Crippen MR) is 75.5 cm³/mol. The van der Waals surface area contributed by atoms with Crippen LogP contribution in [0.2, 0.25) is 0 Å². The summed E-state index contributed by atoms with van der Waals surface area (Å²) in [6.45, 7) is 4.39. The van der Waals surface area contributed by atoms with E-state index in [0.29, 0.717) is 12.1 Å². The molecule has 2 fully saturated rings. The summed E-state index contributed by atoms with van der Waals surface area (Å²) in [5, 5.41) is 0. The highest BCUT2D eigenvalue weighted by Gasteiger charge is 2.48. The van der Waals surface area contributed by atoms with Crippen LogP contribution in [0.15, 0.2) is 11.1 Å². The van der Waals surface area contributed by atoms with Crippen molar-refractivity contribution in [1.29, 1.82) is 0 Å². The van der Waals surface area contributed by atoms with Crippen molar-refractivity contribution in [2.45, 2.75) is 51.7 Å². The standard InChI is InChI=1S/C14H25O4P/c1-10(2)11-5-7-12(8-6-11)14-13(18-14)9-19(15,16-3)17-4/h12-14H,5-9H2,1-4H3. The number of rotatable bonds is 5. The topological polar surface area (TPSA) is 48.1 Å². The Bertz CT molecular complexity index is 382. The Hall–Kier alpha value is -0.150. The van der Waals surface area contributed by atoms with Crippen LogP contribution in [0.25, 0.3) is 0 Å². The Morgan fingerprint density at radius 2 is 1.84 bits per heavy atom. The van der Waals surface area contributed by atoms with Gasteiger partial charge in [-0.15, -0.1) is 0 Å². The summed E-state index contributed by atoms with van der Waals surface area (Å²) in [5.41, 5.74) is 3.07. The van der Waals surface area contributed by atoms with E-state index in [0.717, 1.165) is 0 Å². The zero-order valence-corrected chi connectivity index (χ0v) is 13.2. The van der Waals surface area contributed by atoms with Crippen molar-refractivity contribution in [3.8, 4) is 0 Å². The lowest BCUT2D eigenvalue weighted by Crippen LogP contribution is -2.17. The molecule has 1 aliphatic carbocycles. The van der Waals surface area contributed by atoms with Crippen LogP contribution in [-0.2, 0) is 18.3 Å². The molecule has 4 nitrogen and oxygen atoms in total. The Labute approximate surface area is 116 Å². The summed E-state index contributed by atoms with van der Waals surface area (Å²) in [6, 6.07) is 0. The van der Waals surface area contributed by atoms with Gasteiger partial charge in [0, 0.05) is 14.2 Å². The van der Waals surface area contributed by atoms with Gasteiger partial charge < -0.3 is 13.8 Å². The Morgan fingerprint density at radius 1 is 1.26 bits per heavy atom. The van der Waals surface area contributed by atoms with E-state index >= 15 is 0 Å². The van der Waals surface area contributed by atoms with Crippen LogP contribution in [0.3, 0.4) is 0 Å². The van der Waals surface area contributed by atoms with Crippen molar-refractivity contribution in [2.24, 2.45) is 5.92 Å². The molecule has 0 aromatic carbocycles. The number of hydrogen-bond acceptors (Lipinski definition) is 4. The maximum atomic E-state index is 12.0. The minimum absolute atomic E-state index is 0.0592. The summed E-state index contributed by atoms with van der Waals surface area (Å²) < 4.78 is 27.7. The van der Waals surface area contributed by atoms with Crippen molar-refractivity contribution in [2.75, 3.05) is 20.4 Å². The van der Waals surface area contributed by atoms with E-state index in [-0.39, 0.29) is 12.2 Å². The van der Waals surface area contributed by atoms with E-state index in [2.05, 4.69) is 13.8 Å². The SMILES string of the molecule is COP(=O)(CC1OC1C1CCC(=C(C)C)CC1)OC. The summed E-state index contributed by atoms with van der Waals surface area (Å²) in [4.78, 5) is 0. The second-order valence-electron chi connectivity index (χ2n) is 5.74. The molecule has 0 bridgehead atoms. The second kappa shape index (κ2) is 6.09. The molecular weight excluding hydrogens is 263 g/mol. The molecule has 0 aromatic rings. The summed E-state index contributed by atoms with van der Waals surface area (Å²) in [5.74, 6) is 0.607. The van der Waals surface area contributed by atoms with Gasteiger partial charge in [-0.2, -0.15) is 0 Å². The lowest BCUT2D eigenvalue weighted by molar-refractivity contribution is 0.266. The first-order chi connectivity index (χ1) is 8.99. The molecule has 110 valence electrons. The van der Waals surface area contributed by atoms with E-state index in [1.807, 2.05) is 0 Å². The molecule has 0 N–H and O–H groups in total. The van der Waals surface area contributed by atoms with Crippen LogP contribution in [0.1, 0.15) is 39.5 Å². The first kappa shape index (κ1) is 15.2. The molecule has 0 aromatic heterocycles. The largest absolute Gasteiger partial charge is 0.369 e. The van der Waals surface area contributed by atoms with E-state index in [1.165, 1.54) is 45.5 Å². The average Bonchev–Trinajstić information content (AvgIpc) is 3.17. The minimum Gasteiger partial charge on any atom is -0.369 e. The summed E-state index contributed by atoms with van der Waals surface area (Å²) >= 11 is 0. The highest BCUT2D eigenvalue weighted by molar-refractivity contribution is 7.53. The van der Waals surface area contributed by atoms with Gasteiger partial charge in [-0.3, -0.25) is 4.57 Å². The highest BCUT2D eigenvalue weighted by Crippen LogP contribution is 2.52. The molecule has 1 heterocycles. The molecule has 2 unspecified atom stereocenters. The lowest BCUT2D eigenvalue weighted by atomic mass is 9.82. The third kappa shape index (κ3) is 3.69. The first-order valence-corrected chi connectivity index (χ1v) is 8.73. The molecule has 1 aliphatic heterocycles. The van der Waals surface area contributed by atoms with E-state index in [1.54, 1.807) is 5.57 Å². The van der Waals surface area contributed by atoms with Gasteiger partial charge in [-0.05, 0) is 45.4 Å². The van der Waals surface area contributed by atoms with Crippen LogP contribution in [0.4, 0.5) is 0 Å². The fraction of sp³-hybridized carbons (Fsp3) is 0.857. The van der Waals surface area contributed by atoms with Gasteiger partial charge in [-0.25, -0.2) is 0 Å². The molecular formula is C14H25O4P. The lowest BCUT2D eigenvalue weighted by Gasteiger charge is -2.23. The fourth-order valence-electron chi connectivity index (χ4n) is 2.98. The summed E-state index contributed by atoms with van der Waals surface area (Å²) in [6.07, 6.45) is 5.45. The molecule has 0 spiro atoms. The molecule has 1 saturated carbocycles. The number of epoxide rings is 1. The van der Waals surface area contributed by atoms with Gasteiger partial charge in [0.25, 0.3) is 0 Å². The van der Waals surface area contributed by atoms with Crippen LogP contribution in [-0.4, -0.2) is 32.6 Å². The average molecular weight is 288 g/mol. The maximum Gasteiger partial charge on any atom is 0.332 e. The van der Waals surface area contributed by atoms with E-state index < -0.39 is 7.60 Å². The molecule has 2 aliphatic rings. The Morgan fingerprint density at radius 3 is 2.32 bits per heavy atom. The molecule has 0 radical (unpaired) electrons. The predicted octanol–water partition coefficient (Wildman–Crippen LogP) is 3.77. The molecule has 2 rings (SSSR count). The van der Waals surface area contributed by atoms with E-state index in [4.69, 9.17) is 13.8 Å². The van der Waals surface area contributed by atoms with Crippen LogP contribution < -0.4 is 0 Å². The van der Waals surface area contributed by atoms with Gasteiger partial charge in [0.1, 0.15) is 0 Å². The van der Waals surface area contributed by atoms with Gasteiger partial charge >= 0.3 is 7.60 Å². The van der Waals surface area contributed by atoms with Crippen LogP contribution in [0, 0.1) is 5.92 Å². The van der Waals surface area contributed by atoms with Crippen molar-refractivity contribution >= 4 is 7.60 Å². The Kier molecular flexibility index (Phi) is 4.88. The van der Waals surface area contributed by atoms with Gasteiger partial charge in [0.2, 0.25) is 0 Å². The highest BCUT2D eigenvalue weighted by atomic mass is 31.2. The van der Waals surface area contributed by atoms with Crippen molar-refractivity contribution in [1.82, 2.24) is 0 Å². The molecule has 2 atom stereocenters. The molecule has 19 heavy (non-hydrogen) atoms. The van der Waals surface area contributed by atoms with Gasteiger partial charge in [0.15, 0.2) is 0 Å². The monoisotopic (exact) mass is 288 g/mol. The summed E-state index contributed by atoms with van der Waals surface area (Å²) in [7, 11) is -0.0576. The Balaban J connectivity index is 1.82. The maximum absolute atomic E-state index is 12.0. The second-order valence-corrected chi connectivity index (χ2v) is 8.06. The van der Waals surface area contributed by atoms with E-state index in [9.17, 15) is 4.57 Å².